The molecule has 0 aromatic heterocycles. The van der Waals surface area contributed by atoms with E-state index in [1.54, 1.807) is 6.92 Å². The van der Waals surface area contributed by atoms with Crippen molar-refractivity contribution in [2.24, 2.45) is 0 Å². The van der Waals surface area contributed by atoms with E-state index in [0.29, 0.717) is 5.57 Å². The molecule has 0 saturated carbocycles. The molecule has 0 fully saturated rings. The molecule has 88 valence electrons. The third kappa shape index (κ3) is 12.6. The second kappa shape index (κ2) is 7.00. The lowest BCUT2D eigenvalue weighted by Gasteiger charge is -2.23. The van der Waals surface area contributed by atoms with Crippen LogP contribution in [0.15, 0.2) is 12.2 Å². The van der Waals surface area contributed by atoms with Crippen LogP contribution in [0.5, 0.6) is 0 Å². The van der Waals surface area contributed by atoms with Gasteiger partial charge < -0.3 is 9.90 Å². The monoisotopic (exact) mass is 217 g/mol. The standard InChI is InChI=1S/C8H16NO2.C2H4O2/c1-6-9(4,5)11-8(10)7(2)3;1-2(3)4/h2,6H2,1,3-5H3;1H3,(H,3,4)/q+1;/p-1. The molecule has 5 heteroatoms. The normalized spacial score (nSPS) is 9.67. The van der Waals surface area contributed by atoms with E-state index in [1.165, 1.54) is 0 Å². The third-order valence-electron chi connectivity index (χ3n) is 1.44. The number of carbonyl (C=O) groups is 2. The summed E-state index contributed by atoms with van der Waals surface area (Å²) in [6.07, 6.45) is 0. The molecule has 0 rings (SSSR count). The summed E-state index contributed by atoms with van der Waals surface area (Å²) in [6, 6.07) is 0. The molecule has 0 aliphatic heterocycles. The van der Waals surface area contributed by atoms with E-state index in [2.05, 4.69) is 6.58 Å². The fourth-order valence-electron chi connectivity index (χ4n) is 0.367. The number of hydroxylamine groups is 3. The van der Waals surface area contributed by atoms with Crippen LogP contribution in [0.25, 0.3) is 0 Å². The van der Waals surface area contributed by atoms with Gasteiger partial charge in [0.2, 0.25) is 0 Å². The van der Waals surface area contributed by atoms with E-state index in [0.717, 1.165) is 13.5 Å². The Morgan fingerprint density at radius 3 is 1.87 bits per heavy atom. The molecule has 0 radical (unpaired) electrons. The van der Waals surface area contributed by atoms with Crippen LogP contribution < -0.4 is 5.11 Å². The van der Waals surface area contributed by atoms with Crippen molar-refractivity contribution in [2.75, 3.05) is 20.6 Å². The van der Waals surface area contributed by atoms with Crippen LogP contribution in [0.2, 0.25) is 0 Å². The molecule has 0 N–H and O–H groups in total. The molecule has 0 heterocycles. The van der Waals surface area contributed by atoms with Gasteiger partial charge in [0.25, 0.3) is 0 Å². The van der Waals surface area contributed by atoms with E-state index >= 15 is 0 Å². The number of nitrogens with zero attached hydrogens (tertiary/aromatic N) is 1. The second-order valence-corrected chi connectivity index (χ2v) is 3.54. The van der Waals surface area contributed by atoms with Gasteiger partial charge in [-0.05, 0) is 20.8 Å². The smallest absolute Gasteiger partial charge is 0.392 e. The van der Waals surface area contributed by atoms with Crippen LogP contribution in [-0.2, 0) is 14.4 Å². The van der Waals surface area contributed by atoms with Crippen LogP contribution >= 0.6 is 0 Å². The Hall–Kier alpha value is -1.36. The maximum absolute atomic E-state index is 11.0. The maximum atomic E-state index is 11.0. The minimum atomic E-state index is -1.08. The molecule has 0 atom stereocenters. The fourth-order valence-corrected chi connectivity index (χ4v) is 0.367. The molecule has 5 nitrogen and oxygen atoms in total. The first-order valence-corrected chi connectivity index (χ1v) is 4.52. The molecule has 0 unspecified atom stereocenters. The van der Waals surface area contributed by atoms with E-state index < -0.39 is 5.97 Å². The number of hydrogen-bond donors (Lipinski definition) is 0. The lowest BCUT2D eigenvalue weighted by Crippen LogP contribution is -2.41. The van der Waals surface area contributed by atoms with Gasteiger partial charge in [-0.2, -0.15) is 0 Å². The minimum Gasteiger partial charge on any atom is -0.550 e. The summed E-state index contributed by atoms with van der Waals surface area (Å²) in [7, 11) is 3.64. The quantitative estimate of drug-likeness (QED) is 0.375. The summed E-state index contributed by atoms with van der Waals surface area (Å²) >= 11 is 0. The molecular formula is C10H19NO4. The van der Waals surface area contributed by atoms with Gasteiger partial charge in [0.15, 0.2) is 0 Å². The topological polar surface area (TPSA) is 66.4 Å². The van der Waals surface area contributed by atoms with Crippen LogP contribution in [0, 0.1) is 0 Å². The average Bonchev–Trinajstić information content (AvgIpc) is 2.02. The number of carboxylic acid groups (broad SMARTS) is 1. The van der Waals surface area contributed by atoms with Crippen LogP contribution in [0.4, 0.5) is 0 Å². The zero-order valence-electron chi connectivity index (χ0n) is 9.99. The Morgan fingerprint density at radius 1 is 1.33 bits per heavy atom. The number of aliphatic carboxylic acids is 1. The first-order chi connectivity index (χ1) is 6.62. The van der Waals surface area contributed by atoms with E-state index in [4.69, 9.17) is 14.7 Å². The zero-order valence-corrected chi connectivity index (χ0v) is 9.99. The fraction of sp³-hybridized carbons (Fsp3) is 0.600. The summed E-state index contributed by atoms with van der Waals surface area (Å²) in [5.74, 6) is -1.42. The van der Waals surface area contributed by atoms with Crippen LogP contribution in [0.1, 0.15) is 20.8 Å². The van der Waals surface area contributed by atoms with Gasteiger partial charge in [0, 0.05) is 11.5 Å². The minimum absolute atomic E-state index is 0.242. The van der Waals surface area contributed by atoms with Crippen molar-refractivity contribution in [3.8, 4) is 0 Å². The summed E-state index contributed by atoms with van der Waals surface area (Å²) in [4.78, 5) is 24.9. The SMILES string of the molecule is C=C(C)C(=O)O[N+](C)(C)CC.CC(=O)[O-]. The Kier molecular flexibility index (Phi) is 7.51. The Morgan fingerprint density at radius 2 is 1.67 bits per heavy atom. The second-order valence-electron chi connectivity index (χ2n) is 3.54. The summed E-state index contributed by atoms with van der Waals surface area (Å²) in [6.45, 7) is 8.80. The van der Waals surface area contributed by atoms with E-state index in [1.807, 2.05) is 21.0 Å². The van der Waals surface area contributed by atoms with Gasteiger partial charge in [-0.25, -0.2) is 4.79 Å². The number of quaternary nitrogens is 1. The number of hydrogen-bond acceptors (Lipinski definition) is 4. The van der Waals surface area contributed by atoms with Crippen molar-refractivity contribution >= 4 is 11.9 Å². The van der Waals surface area contributed by atoms with Crippen LogP contribution in [0.3, 0.4) is 0 Å². The molecule has 0 amide bonds. The first-order valence-electron chi connectivity index (χ1n) is 4.52. The lowest BCUT2D eigenvalue weighted by molar-refractivity contribution is -1.06. The molecule has 15 heavy (non-hydrogen) atoms. The maximum Gasteiger partial charge on any atom is 0.392 e. The number of rotatable bonds is 3. The molecule has 0 aromatic rings. The summed E-state index contributed by atoms with van der Waals surface area (Å²) in [5.41, 5.74) is 0.435. The highest BCUT2D eigenvalue weighted by atomic mass is 16.7. The molecule has 0 aliphatic rings. The number of carboxylic acids is 1. The Labute approximate surface area is 90.5 Å². The van der Waals surface area contributed by atoms with Gasteiger partial charge in [-0.1, -0.05) is 6.58 Å². The molecule has 0 aromatic carbocycles. The Balaban J connectivity index is 0. The largest absolute Gasteiger partial charge is 0.550 e. The molecular weight excluding hydrogens is 198 g/mol. The Bertz CT molecular complexity index is 242. The summed E-state index contributed by atoms with van der Waals surface area (Å²) < 4.78 is 0.242. The van der Waals surface area contributed by atoms with Crippen molar-refractivity contribution in [2.45, 2.75) is 20.8 Å². The molecule has 0 bridgehead atoms. The van der Waals surface area contributed by atoms with Crippen molar-refractivity contribution in [1.82, 2.24) is 0 Å². The van der Waals surface area contributed by atoms with Gasteiger partial charge in [-0.3, -0.25) is 4.84 Å². The van der Waals surface area contributed by atoms with Gasteiger partial charge in [0.1, 0.15) is 20.6 Å². The predicted molar refractivity (Wildman–Crippen MR) is 54.2 cm³/mol. The highest BCUT2D eigenvalue weighted by Gasteiger charge is 2.19. The number of carbonyl (C=O) groups excluding carboxylic acids is 2. The van der Waals surface area contributed by atoms with Crippen molar-refractivity contribution < 1.29 is 24.2 Å². The highest BCUT2D eigenvalue weighted by Crippen LogP contribution is 2.02. The zero-order chi connectivity index (χ0) is 12.6. The summed E-state index contributed by atoms with van der Waals surface area (Å²) in [5, 5.41) is 8.89. The van der Waals surface area contributed by atoms with Gasteiger partial charge >= 0.3 is 5.97 Å². The molecule has 0 aliphatic carbocycles. The van der Waals surface area contributed by atoms with Crippen molar-refractivity contribution in [3.05, 3.63) is 12.2 Å². The van der Waals surface area contributed by atoms with Crippen molar-refractivity contribution in [3.63, 3.8) is 0 Å². The van der Waals surface area contributed by atoms with Crippen LogP contribution in [-0.4, -0.2) is 37.2 Å². The third-order valence-corrected chi connectivity index (χ3v) is 1.44. The van der Waals surface area contributed by atoms with Crippen molar-refractivity contribution in [1.29, 1.82) is 0 Å². The predicted octanol–water partition coefficient (Wildman–Crippen LogP) is -0.127. The highest BCUT2D eigenvalue weighted by molar-refractivity contribution is 5.86. The molecule has 0 spiro atoms. The van der Waals surface area contributed by atoms with E-state index in [-0.39, 0.29) is 10.6 Å². The lowest BCUT2D eigenvalue weighted by atomic mass is 10.4. The first kappa shape index (κ1) is 16.1. The van der Waals surface area contributed by atoms with Gasteiger partial charge in [-0.15, -0.1) is 4.65 Å². The van der Waals surface area contributed by atoms with Gasteiger partial charge in [0.05, 0.1) is 0 Å². The molecule has 0 saturated heterocycles. The van der Waals surface area contributed by atoms with E-state index in [9.17, 15) is 4.79 Å². The average molecular weight is 217 g/mol.